The third kappa shape index (κ3) is 5.58. The second-order valence-electron chi connectivity index (χ2n) is 6.12. The van der Waals surface area contributed by atoms with Gasteiger partial charge in [-0.05, 0) is 49.4 Å². The van der Waals surface area contributed by atoms with Crippen molar-refractivity contribution in [2.75, 3.05) is 13.1 Å². The van der Waals surface area contributed by atoms with Crippen LogP contribution in [0.5, 0.6) is 0 Å². The van der Waals surface area contributed by atoms with Gasteiger partial charge < -0.3 is 10.0 Å². The first-order valence-electron chi connectivity index (χ1n) is 7.45. The standard InChI is InChI=1S/C13H15NO3.C4H10/c1-9-6-10(8-11(7-9)13(16)17)12(15)14-4-2-3-5-14;1-4(2)3/h6-8H,2-5H2,1H3,(H,16,17);4H,1-3H3. The van der Waals surface area contributed by atoms with E-state index in [0.29, 0.717) is 5.56 Å². The Labute approximate surface area is 126 Å². The number of carbonyl (C=O) groups is 2. The number of nitrogens with zero attached hydrogens (tertiary/aromatic N) is 1. The summed E-state index contributed by atoms with van der Waals surface area (Å²) in [5.41, 5.74) is 1.45. The predicted molar refractivity (Wildman–Crippen MR) is 83.8 cm³/mol. The summed E-state index contributed by atoms with van der Waals surface area (Å²) in [4.78, 5) is 24.8. The summed E-state index contributed by atoms with van der Waals surface area (Å²) in [6, 6.07) is 4.77. The minimum absolute atomic E-state index is 0.0614. The lowest BCUT2D eigenvalue weighted by Gasteiger charge is -2.15. The van der Waals surface area contributed by atoms with E-state index >= 15 is 0 Å². The third-order valence-corrected chi connectivity index (χ3v) is 2.96. The Hall–Kier alpha value is -1.84. The highest BCUT2D eigenvalue weighted by Gasteiger charge is 2.20. The van der Waals surface area contributed by atoms with Crippen LogP contribution in [0.3, 0.4) is 0 Å². The molecule has 0 radical (unpaired) electrons. The van der Waals surface area contributed by atoms with E-state index in [1.54, 1.807) is 24.0 Å². The number of hydrogen-bond donors (Lipinski definition) is 1. The van der Waals surface area contributed by atoms with Gasteiger partial charge in [0.15, 0.2) is 0 Å². The topological polar surface area (TPSA) is 57.6 Å². The van der Waals surface area contributed by atoms with Crippen molar-refractivity contribution in [3.63, 3.8) is 0 Å². The predicted octanol–water partition coefficient (Wildman–Crippen LogP) is 3.59. The highest BCUT2D eigenvalue weighted by molar-refractivity contribution is 5.97. The average molecular weight is 291 g/mol. The van der Waals surface area contributed by atoms with E-state index in [9.17, 15) is 9.59 Å². The minimum atomic E-state index is -0.996. The maximum atomic E-state index is 12.1. The first-order chi connectivity index (χ1) is 9.81. The van der Waals surface area contributed by atoms with E-state index in [4.69, 9.17) is 5.11 Å². The quantitative estimate of drug-likeness (QED) is 0.906. The average Bonchev–Trinajstić information content (AvgIpc) is 2.90. The van der Waals surface area contributed by atoms with E-state index in [-0.39, 0.29) is 11.5 Å². The molecule has 1 aliphatic rings. The van der Waals surface area contributed by atoms with Gasteiger partial charge in [0.1, 0.15) is 0 Å². The smallest absolute Gasteiger partial charge is 0.335 e. The van der Waals surface area contributed by atoms with Crippen LogP contribution in [0.4, 0.5) is 0 Å². The largest absolute Gasteiger partial charge is 0.478 e. The molecule has 0 atom stereocenters. The molecule has 1 N–H and O–H groups in total. The van der Waals surface area contributed by atoms with Crippen molar-refractivity contribution < 1.29 is 14.7 Å². The molecule has 1 aliphatic heterocycles. The van der Waals surface area contributed by atoms with Gasteiger partial charge in [0.25, 0.3) is 5.91 Å². The molecule has 1 heterocycles. The van der Waals surface area contributed by atoms with Crippen LogP contribution >= 0.6 is 0 Å². The van der Waals surface area contributed by atoms with Crippen LogP contribution in [-0.4, -0.2) is 35.0 Å². The molecular formula is C17H25NO3. The zero-order chi connectivity index (χ0) is 16.0. The Morgan fingerprint density at radius 2 is 1.52 bits per heavy atom. The summed E-state index contributed by atoms with van der Waals surface area (Å²) < 4.78 is 0. The van der Waals surface area contributed by atoms with E-state index in [0.717, 1.165) is 37.4 Å². The second-order valence-corrected chi connectivity index (χ2v) is 6.12. The van der Waals surface area contributed by atoms with Crippen molar-refractivity contribution in [1.29, 1.82) is 0 Å². The van der Waals surface area contributed by atoms with Crippen LogP contribution in [0.15, 0.2) is 18.2 Å². The van der Waals surface area contributed by atoms with Crippen molar-refractivity contribution in [3.05, 3.63) is 34.9 Å². The number of aromatic carboxylic acids is 1. The van der Waals surface area contributed by atoms with Gasteiger partial charge in [-0.2, -0.15) is 0 Å². The Morgan fingerprint density at radius 1 is 1.05 bits per heavy atom. The molecule has 0 saturated carbocycles. The number of carbonyl (C=O) groups excluding carboxylic acids is 1. The number of carboxylic acid groups (broad SMARTS) is 1. The van der Waals surface area contributed by atoms with Crippen molar-refractivity contribution in [2.24, 2.45) is 5.92 Å². The van der Waals surface area contributed by atoms with Gasteiger partial charge in [0, 0.05) is 18.7 Å². The summed E-state index contributed by atoms with van der Waals surface area (Å²) in [5.74, 6) is -0.224. The Morgan fingerprint density at radius 3 is 2.00 bits per heavy atom. The molecule has 1 amide bonds. The van der Waals surface area contributed by atoms with E-state index < -0.39 is 5.97 Å². The van der Waals surface area contributed by atoms with Crippen molar-refractivity contribution in [1.82, 2.24) is 4.90 Å². The number of benzene rings is 1. The van der Waals surface area contributed by atoms with E-state index in [1.807, 2.05) is 0 Å². The van der Waals surface area contributed by atoms with Crippen LogP contribution in [0, 0.1) is 12.8 Å². The lowest BCUT2D eigenvalue weighted by atomic mass is 10.1. The van der Waals surface area contributed by atoms with Gasteiger partial charge in [0.2, 0.25) is 0 Å². The first-order valence-corrected chi connectivity index (χ1v) is 7.45. The van der Waals surface area contributed by atoms with Crippen LogP contribution in [0.2, 0.25) is 0 Å². The van der Waals surface area contributed by atoms with Gasteiger partial charge >= 0.3 is 5.97 Å². The lowest BCUT2D eigenvalue weighted by molar-refractivity contribution is 0.0696. The highest BCUT2D eigenvalue weighted by Crippen LogP contribution is 2.16. The van der Waals surface area contributed by atoms with Crippen LogP contribution in [0.1, 0.15) is 59.9 Å². The fourth-order valence-corrected chi connectivity index (χ4v) is 2.13. The molecule has 4 nitrogen and oxygen atoms in total. The maximum absolute atomic E-state index is 12.1. The van der Waals surface area contributed by atoms with Gasteiger partial charge in [-0.15, -0.1) is 0 Å². The van der Waals surface area contributed by atoms with Crippen molar-refractivity contribution in [2.45, 2.75) is 40.5 Å². The minimum Gasteiger partial charge on any atom is -0.478 e. The molecule has 0 aliphatic carbocycles. The summed E-state index contributed by atoms with van der Waals surface area (Å²) >= 11 is 0. The number of carboxylic acids is 1. The lowest BCUT2D eigenvalue weighted by Crippen LogP contribution is -2.27. The molecule has 1 saturated heterocycles. The third-order valence-electron chi connectivity index (χ3n) is 2.96. The number of likely N-dealkylation sites (tertiary alicyclic amines) is 1. The Balaban J connectivity index is 0.000000491. The fraction of sp³-hybridized carbons (Fsp3) is 0.529. The summed E-state index contributed by atoms with van der Waals surface area (Å²) in [7, 11) is 0. The molecule has 1 aromatic carbocycles. The van der Waals surface area contributed by atoms with Crippen molar-refractivity contribution in [3.8, 4) is 0 Å². The molecule has 1 aromatic rings. The van der Waals surface area contributed by atoms with Crippen LogP contribution in [-0.2, 0) is 0 Å². The Kier molecular flexibility index (Phi) is 6.40. The number of hydrogen-bond acceptors (Lipinski definition) is 2. The highest BCUT2D eigenvalue weighted by atomic mass is 16.4. The zero-order valence-electron chi connectivity index (χ0n) is 13.3. The Bertz CT molecular complexity index is 500. The molecule has 2 rings (SSSR count). The molecule has 4 heteroatoms. The van der Waals surface area contributed by atoms with Gasteiger partial charge in [-0.25, -0.2) is 4.79 Å². The number of amides is 1. The molecule has 0 aromatic heterocycles. The van der Waals surface area contributed by atoms with Gasteiger partial charge in [-0.3, -0.25) is 4.79 Å². The molecule has 21 heavy (non-hydrogen) atoms. The molecule has 1 fully saturated rings. The number of rotatable bonds is 2. The summed E-state index contributed by atoms with van der Waals surface area (Å²) in [5, 5.41) is 8.96. The molecule has 0 unspecified atom stereocenters. The van der Waals surface area contributed by atoms with Crippen LogP contribution < -0.4 is 0 Å². The van der Waals surface area contributed by atoms with E-state index in [1.165, 1.54) is 6.07 Å². The molecule has 0 bridgehead atoms. The molecule has 0 spiro atoms. The van der Waals surface area contributed by atoms with Crippen molar-refractivity contribution >= 4 is 11.9 Å². The van der Waals surface area contributed by atoms with Gasteiger partial charge in [0.05, 0.1) is 5.56 Å². The monoisotopic (exact) mass is 291 g/mol. The maximum Gasteiger partial charge on any atom is 0.335 e. The van der Waals surface area contributed by atoms with Gasteiger partial charge in [-0.1, -0.05) is 20.8 Å². The summed E-state index contributed by atoms with van der Waals surface area (Å²) in [6.07, 6.45) is 2.06. The molecular weight excluding hydrogens is 266 g/mol. The zero-order valence-corrected chi connectivity index (χ0v) is 13.3. The second kappa shape index (κ2) is 7.81. The number of aryl methyl sites for hydroxylation is 1. The molecule has 116 valence electrons. The SMILES string of the molecule is CC(C)C.Cc1cc(C(=O)O)cc(C(=O)N2CCCC2)c1. The first kappa shape index (κ1) is 17.2. The van der Waals surface area contributed by atoms with Crippen LogP contribution in [0.25, 0.3) is 0 Å². The van der Waals surface area contributed by atoms with E-state index in [2.05, 4.69) is 20.8 Å². The fourth-order valence-electron chi connectivity index (χ4n) is 2.13. The summed E-state index contributed by atoms with van der Waals surface area (Å²) in [6.45, 7) is 9.84. The normalized spacial score (nSPS) is 13.9.